The molecule has 0 spiro atoms. The first-order chi connectivity index (χ1) is 11.5. The maximum absolute atomic E-state index is 14.3. The Bertz CT molecular complexity index is 739. The summed E-state index contributed by atoms with van der Waals surface area (Å²) in [6.07, 6.45) is 1.33. The molecule has 2 N–H and O–H groups in total. The highest BCUT2D eigenvalue weighted by Gasteiger charge is 2.31. The van der Waals surface area contributed by atoms with Crippen LogP contribution in [0.15, 0.2) is 41.0 Å². The molecule has 2 atom stereocenters. The first kappa shape index (κ1) is 18.5. The first-order valence-electron chi connectivity index (χ1n) is 7.08. The summed E-state index contributed by atoms with van der Waals surface area (Å²) in [5, 5.41) is 11.6. The highest BCUT2D eigenvalue weighted by Crippen LogP contribution is 2.40. The van der Waals surface area contributed by atoms with Gasteiger partial charge in [0.15, 0.2) is 11.6 Å². The molecular weight excluding hydrogens is 402 g/mol. The summed E-state index contributed by atoms with van der Waals surface area (Å²) < 4.78 is 28.5. The molecule has 1 heterocycles. The minimum Gasteiger partial charge on any atom is -0.465 e. The summed E-state index contributed by atoms with van der Waals surface area (Å²) in [7, 11) is 0. The van der Waals surface area contributed by atoms with Crippen molar-refractivity contribution in [2.24, 2.45) is 0 Å². The summed E-state index contributed by atoms with van der Waals surface area (Å²) in [6.45, 7) is 3.64. The first-order valence-corrected chi connectivity index (χ1v) is 8.76. The van der Waals surface area contributed by atoms with Crippen LogP contribution >= 0.6 is 27.3 Å². The lowest BCUT2D eigenvalue weighted by atomic mass is 9.86. The van der Waals surface area contributed by atoms with Crippen molar-refractivity contribution in [1.82, 2.24) is 10.3 Å². The van der Waals surface area contributed by atoms with Crippen LogP contribution in [-0.4, -0.2) is 16.2 Å². The maximum Gasteiger partial charge on any atom is 0.405 e. The number of nitrogens with zero attached hydrogens (tertiary/aromatic N) is 1. The molecule has 0 aliphatic heterocycles. The van der Waals surface area contributed by atoms with E-state index in [1.54, 1.807) is 11.6 Å². The molecule has 8 heteroatoms. The Balaban J connectivity index is 2.53. The van der Waals surface area contributed by atoms with E-state index in [0.29, 0.717) is 22.3 Å². The van der Waals surface area contributed by atoms with Crippen LogP contribution in [-0.2, 0) is 0 Å². The Kier molecular flexibility index (Phi) is 6.44. The quantitative estimate of drug-likeness (QED) is 0.606. The van der Waals surface area contributed by atoms with Crippen LogP contribution in [0.4, 0.5) is 13.6 Å². The van der Waals surface area contributed by atoms with Crippen molar-refractivity contribution < 1.29 is 18.7 Å². The molecule has 0 aliphatic rings. The second-order valence-electron chi connectivity index (χ2n) is 5.05. The summed E-state index contributed by atoms with van der Waals surface area (Å²) in [5.41, 5.74) is 1.68. The van der Waals surface area contributed by atoms with E-state index in [1.807, 2.05) is 0 Å². The third-order valence-corrected chi connectivity index (χ3v) is 5.38. The van der Waals surface area contributed by atoms with Gasteiger partial charge in [-0.15, -0.1) is 17.9 Å². The summed E-state index contributed by atoms with van der Waals surface area (Å²) in [4.78, 5) is 15.9. The van der Waals surface area contributed by atoms with Crippen molar-refractivity contribution in [1.29, 1.82) is 0 Å². The number of hydrogen-bond acceptors (Lipinski definition) is 3. The number of rotatable bonds is 7. The van der Waals surface area contributed by atoms with Gasteiger partial charge in [-0.25, -0.2) is 18.6 Å². The molecule has 4 nitrogen and oxygen atoms in total. The zero-order valence-corrected chi connectivity index (χ0v) is 14.9. The van der Waals surface area contributed by atoms with Crippen LogP contribution in [0, 0.1) is 11.6 Å². The van der Waals surface area contributed by atoms with E-state index in [-0.39, 0.29) is 5.56 Å². The third kappa shape index (κ3) is 4.18. The topological polar surface area (TPSA) is 62.2 Å². The fourth-order valence-electron chi connectivity index (χ4n) is 2.53. The van der Waals surface area contributed by atoms with E-state index < -0.39 is 29.7 Å². The Morgan fingerprint density at radius 2 is 2.25 bits per heavy atom. The number of carbonyl (C=O) groups is 1. The SMILES string of the molecule is C=CCC[C@@H](c1cccc(F)c1F)[C@H](NC(=O)O)c1scnc1Br. The summed E-state index contributed by atoms with van der Waals surface area (Å²) in [6, 6.07) is 3.15. The second-order valence-corrected chi connectivity index (χ2v) is 6.69. The Labute approximate surface area is 150 Å². The van der Waals surface area contributed by atoms with Crippen molar-refractivity contribution in [3.63, 3.8) is 0 Å². The molecule has 0 saturated carbocycles. The second kappa shape index (κ2) is 8.34. The van der Waals surface area contributed by atoms with Crippen LogP contribution in [0.5, 0.6) is 0 Å². The normalized spacial score (nSPS) is 13.3. The summed E-state index contributed by atoms with van der Waals surface area (Å²) >= 11 is 4.52. The smallest absolute Gasteiger partial charge is 0.405 e. The molecule has 24 heavy (non-hydrogen) atoms. The summed E-state index contributed by atoms with van der Waals surface area (Å²) in [5.74, 6) is -2.54. The minimum atomic E-state index is -1.25. The van der Waals surface area contributed by atoms with Crippen LogP contribution in [0.1, 0.15) is 35.2 Å². The largest absolute Gasteiger partial charge is 0.465 e. The molecule has 1 aromatic carbocycles. The molecule has 1 aromatic heterocycles. The van der Waals surface area contributed by atoms with Gasteiger partial charge in [-0.3, -0.25) is 0 Å². The fraction of sp³-hybridized carbons (Fsp3) is 0.250. The van der Waals surface area contributed by atoms with E-state index in [4.69, 9.17) is 0 Å². The number of halogens is 3. The van der Waals surface area contributed by atoms with Gasteiger partial charge in [-0.2, -0.15) is 0 Å². The highest BCUT2D eigenvalue weighted by atomic mass is 79.9. The number of amides is 1. The number of carboxylic acid groups (broad SMARTS) is 1. The molecule has 0 bridgehead atoms. The number of aromatic nitrogens is 1. The lowest BCUT2D eigenvalue weighted by Gasteiger charge is -2.27. The Morgan fingerprint density at radius 1 is 1.50 bits per heavy atom. The van der Waals surface area contributed by atoms with Crippen LogP contribution in [0.3, 0.4) is 0 Å². The Morgan fingerprint density at radius 3 is 2.83 bits per heavy atom. The van der Waals surface area contributed by atoms with Crippen molar-refractivity contribution in [2.45, 2.75) is 24.8 Å². The van der Waals surface area contributed by atoms with E-state index in [2.05, 4.69) is 32.8 Å². The van der Waals surface area contributed by atoms with Gasteiger partial charge in [0, 0.05) is 5.92 Å². The molecule has 0 radical (unpaired) electrons. The van der Waals surface area contributed by atoms with Crippen molar-refractivity contribution in [3.8, 4) is 0 Å². The van der Waals surface area contributed by atoms with Gasteiger partial charge in [0.25, 0.3) is 0 Å². The zero-order valence-electron chi connectivity index (χ0n) is 12.5. The monoisotopic (exact) mass is 416 g/mol. The number of hydrogen-bond donors (Lipinski definition) is 2. The van der Waals surface area contributed by atoms with E-state index >= 15 is 0 Å². The average Bonchev–Trinajstić information content (AvgIpc) is 2.95. The van der Waals surface area contributed by atoms with Crippen LogP contribution in [0.2, 0.25) is 0 Å². The predicted molar refractivity (Wildman–Crippen MR) is 92.2 cm³/mol. The van der Waals surface area contributed by atoms with Crippen molar-refractivity contribution in [3.05, 3.63) is 63.0 Å². The van der Waals surface area contributed by atoms with Gasteiger partial charge in [-0.05, 0) is 40.4 Å². The molecule has 2 rings (SSSR count). The van der Waals surface area contributed by atoms with Gasteiger partial charge in [0.1, 0.15) is 4.60 Å². The molecular formula is C16H15BrF2N2O2S. The minimum absolute atomic E-state index is 0.121. The van der Waals surface area contributed by atoms with Gasteiger partial charge in [0.05, 0.1) is 16.4 Å². The Hall–Kier alpha value is -1.80. The maximum atomic E-state index is 14.3. The molecule has 0 fully saturated rings. The lowest BCUT2D eigenvalue weighted by molar-refractivity contribution is 0.187. The van der Waals surface area contributed by atoms with E-state index in [1.165, 1.54) is 23.5 Å². The van der Waals surface area contributed by atoms with Gasteiger partial charge < -0.3 is 10.4 Å². The number of benzene rings is 1. The standard InChI is InChI=1S/C16H15BrF2N2O2S/c1-2-3-5-10(9-6-4-7-11(18)12(9)19)13(21-16(22)23)14-15(17)20-8-24-14/h2,4,6-8,10,13,21H,1,3,5H2,(H,22,23)/t10-,13-/m0/s1. The van der Waals surface area contributed by atoms with Gasteiger partial charge in [-0.1, -0.05) is 18.2 Å². The van der Waals surface area contributed by atoms with Crippen LogP contribution < -0.4 is 5.32 Å². The molecule has 0 unspecified atom stereocenters. The predicted octanol–water partition coefficient (Wildman–Crippen LogP) is 5.24. The van der Waals surface area contributed by atoms with Gasteiger partial charge >= 0.3 is 6.09 Å². The number of nitrogens with one attached hydrogen (secondary N) is 1. The third-order valence-electron chi connectivity index (χ3n) is 3.58. The molecule has 0 saturated heterocycles. The highest BCUT2D eigenvalue weighted by molar-refractivity contribution is 9.10. The number of thiazole rings is 1. The molecule has 1 amide bonds. The molecule has 0 aliphatic carbocycles. The van der Waals surface area contributed by atoms with Gasteiger partial charge in [0.2, 0.25) is 0 Å². The van der Waals surface area contributed by atoms with E-state index in [9.17, 15) is 18.7 Å². The zero-order chi connectivity index (χ0) is 17.7. The number of allylic oxidation sites excluding steroid dienone is 1. The molecule has 2 aromatic rings. The van der Waals surface area contributed by atoms with Crippen molar-refractivity contribution >= 4 is 33.4 Å². The van der Waals surface area contributed by atoms with Crippen molar-refractivity contribution in [2.75, 3.05) is 0 Å². The fourth-order valence-corrected chi connectivity index (χ4v) is 4.09. The molecule has 128 valence electrons. The van der Waals surface area contributed by atoms with Crippen LogP contribution in [0.25, 0.3) is 0 Å². The van der Waals surface area contributed by atoms with E-state index in [0.717, 1.165) is 6.07 Å². The average molecular weight is 417 g/mol. The lowest BCUT2D eigenvalue weighted by Crippen LogP contribution is -2.31.